The van der Waals surface area contributed by atoms with Gasteiger partial charge in [0.05, 0.1) is 6.54 Å². The molecule has 3 amide bonds. The number of nitrogens with one attached hydrogen (secondary N) is 2. The number of likely N-dealkylation sites (tertiary alicyclic amines) is 1. The van der Waals surface area contributed by atoms with Gasteiger partial charge in [-0.2, -0.15) is 4.31 Å². The summed E-state index contributed by atoms with van der Waals surface area (Å²) in [5, 5.41) is 6.06. The van der Waals surface area contributed by atoms with Gasteiger partial charge in [-0.3, -0.25) is 9.78 Å². The smallest absolute Gasteiger partial charge is 0.315 e. The molecule has 0 bridgehead atoms. The molecule has 166 valence electrons. The number of carbonyl (C=O) groups excluding carboxylic acids is 2. The van der Waals surface area contributed by atoms with Gasteiger partial charge in [-0.05, 0) is 37.8 Å². The predicted octanol–water partition coefficient (Wildman–Crippen LogP) is 1.33. The monoisotopic (exact) mass is 437 g/mol. The number of amides is 3. The van der Waals surface area contributed by atoms with Crippen LogP contribution in [0.1, 0.15) is 44.9 Å². The van der Waals surface area contributed by atoms with Crippen molar-refractivity contribution < 1.29 is 18.0 Å². The summed E-state index contributed by atoms with van der Waals surface area (Å²) in [5.74, 6) is -0.241. The van der Waals surface area contributed by atoms with Crippen molar-refractivity contribution >= 4 is 22.0 Å². The molecule has 0 spiro atoms. The number of hydrogen-bond acceptors (Lipinski definition) is 5. The number of pyridine rings is 1. The predicted molar refractivity (Wildman–Crippen MR) is 112 cm³/mol. The van der Waals surface area contributed by atoms with Gasteiger partial charge in [0, 0.05) is 44.6 Å². The van der Waals surface area contributed by atoms with Crippen LogP contribution in [0.5, 0.6) is 0 Å². The SMILES string of the molecule is CN(CC(=O)N1CCC(NC(=O)NC2CCCCC2)CC1)S(=O)(=O)c1cccnc1. The first kappa shape index (κ1) is 22.5. The first-order valence-electron chi connectivity index (χ1n) is 10.6. The molecule has 1 aliphatic heterocycles. The van der Waals surface area contributed by atoms with E-state index in [4.69, 9.17) is 0 Å². The minimum atomic E-state index is -3.76. The van der Waals surface area contributed by atoms with Gasteiger partial charge in [0.25, 0.3) is 0 Å². The normalized spacial score (nSPS) is 18.9. The van der Waals surface area contributed by atoms with E-state index in [1.54, 1.807) is 11.0 Å². The third kappa shape index (κ3) is 5.91. The summed E-state index contributed by atoms with van der Waals surface area (Å²) in [4.78, 5) is 30.3. The summed E-state index contributed by atoms with van der Waals surface area (Å²) in [6.07, 6.45) is 9.72. The molecule has 9 nitrogen and oxygen atoms in total. The topological polar surface area (TPSA) is 112 Å². The van der Waals surface area contributed by atoms with Crippen molar-refractivity contribution in [1.29, 1.82) is 0 Å². The van der Waals surface area contributed by atoms with Crippen molar-refractivity contribution in [3.63, 3.8) is 0 Å². The molecule has 0 radical (unpaired) electrons. The van der Waals surface area contributed by atoms with Gasteiger partial charge in [0.2, 0.25) is 15.9 Å². The molecule has 0 aromatic carbocycles. The average Bonchev–Trinajstić information content (AvgIpc) is 2.75. The molecule has 1 aromatic rings. The Morgan fingerprint density at radius 3 is 2.33 bits per heavy atom. The Bertz CT molecular complexity index is 819. The number of likely N-dealkylation sites (N-methyl/N-ethyl adjacent to an activating group) is 1. The summed E-state index contributed by atoms with van der Waals surface area (Å²) < 4.78 is 26.1. The summed E-state index contributed by atoms with van der Waals surface area (Å²) >= 11 is 0. The average molecular weight is 438 g/mol. The summed E-state index contributed by atoms with van der Waals surface area (Å²) in [7, 11) is -2.36. The molecular weight excluding hydrogens is 406 g/mol. The third-order valence-corrected chi connectivity index (χ3v) is 7.61. The maximum absolute atomic E-state index is 12.6. The minimum absolute atomic E-state index is 0.0227. The number of sulfonamides is 1. The van der Waals surface area contributed by atoms with Crippen molar-refractivity contribution in [3.05, 3.63) is 24.5 Å². The fraction of sp³-hybridized carbons (Fsp3) is 0.650. The Labute approximate surface area is 178 Å². The molecule has 1 aromatic heterocycles. The second-order valence-corrected chi connectivity index (χ2v) is 10.1. The van der Waals surface area contributed by atoms with Gasteiger partial charge < -0.3 is 15.5 Å². The second-order valence-electron chi connectivity index (χ2n) is 8.06. The quantitative estimate of drug-likeness (QED) is 0.697. The lowest BCUT2D eigenvalue weighted by Crippen LogP contribution is -2.52. The van der Waals surface area contributed by atoms with Crippen LogP contribution in [0.15, 0.2) is 29.4 Å². The maximum Gasteiger partial charge on any atom is 0.315 e. The van der Waals surface area contributed by atoms with E-state index >= 15 is 0 Å². The Hall–Kier alpha value is -2.20. The van der Waals surface area contributed by atoms with Crippen LogP contribution >= 0.6 is 0 Å². The highest BCUT2D eigenvalue weighted by molar-refractivity contribution is 7.89. The molecule has 1 saturated carbocycles. The molecule has 2 heterocycles. The zero-order valence-electron chi connectivity index (χ0n) is 17.4. The standard InChI is InChI=1S/C20H31N5O4S/c1-24(30(28,29)18-8-5-11-21-14-18)15-19(26)25-12-9-17(10-13-25)23-20(27)22-16-6-3-2-4-7-16/h5,8,11,14,16-17H,2-4,6-7,9-10,12-13,15H2,1H3,(H2,22,23,27). The molecule has 1 saturated heterocycles. The van der Waals surface area contributed by atoms with E-state index in [9.17, 15) is 18.0 Å². The minimum Gasteiger partial charge on any atom is -0.341 e. The Morgan fingerprint density at radius 2 is 1.73 bits per heavy atom. The van der Waals surface area contributed by atoms with E-state index in [0.717, 1.165) is 30.0 Å². The highest BCUT2D eigenvalue weighted by Crippen LogP contribution is 2.18. The molecule has 2 fully saturated rings. The lowest BCUT2D eigenvalue weighted by Gasteiger charge is -2.33. The highest BCUT2D eigenvalue weighted by atomic mass is 32.2. The highest BCUT2D eigenvalue weighted by Gasteiger charge is 2.28. The molecule has 2 aliphatic rings. The molecule has 30 heavy (non-hydrogen) atoms. The zero-order valence-corrected chi connectivity index (χ0v) is 18.2. The lowest BCUT2D eigenvalue weighted by atomic mass is 9.96. The first-order valence-corrected chi connectivity index (χ1v) is 12.0. The Morgan fingerprint density at radius 1 is 1.10 bits per heavy atom. The van der Waals surface area contributed by atoms with Crippen LogP contribution in [0.2, 0.25) is 0 Å². The van der Waals surface area contributed by atoms with E-state index in [1.165, 1.54) is 31.9 Å². The summed E-state index contributed by atoms with van der Waals surface area (Å²) in [5.41, 5.74) is 0. The van der Waals surface area contributed by atoms with Crippen LogP contribution in [-0.4, -0.2) is 73.3 Å². The number of urea groups is 1. The van der Waals surface area contributed by atoms with Crippen molar-refractivity contribution in [2.45, 2.75) is 61.9 Å². The molecule has 10 heteroatoms. The maximum atomic E-state index is 12.6. The van der Waals surface area contributed by atoms with Crippen LogP contribution < -0.4 is 10.6 Å². The van der Waals surface area contributed by atoms with Crippen molar-refractivity contribution in [2.75, 3.05) is 26.7 Å². The Balaban J connectivity index is 1.43. The molecule has 0 atom stereocenters. The number of piperidine rings is 1. The van der Waals surface area contributed by atoms with E-state index < -0.39 is 10.0 Å². The molecule has 2 N–H and O–H groups in total. The van der Waals surface area contributed by atoms with Gasteiger partial charge in [-0.25, -0.2) is 13.2 Å². The number of aromatic nitrogens is 1. The molecular formula is C20H31N5O4S. The van der Waals surface area contributed by atoms with Crippen LogP contribution in [0.4, 0.5) is 4.79 Å². The third-order valence-electron chi connectivity index (χ3n) is 5.82. The first-order chi connectivity index (χ1) is 14.4. The number of carbonyl (C=O) groups is 2. The molecule has 3 rings (SSSR count). The number of hydrogen-bond donors (Lipinski definition) is 2. The van der Waals surface area contributed by atoms with E-state index in [-0.39, 0.29) is 35.5 Å². The van der Waals surface area contributed by atoms with E-state index in [1.807, 2.05) is 0 Å². The summed E-state index contributed by atoms with van der Waals surface area (Å²) in [6.45, 7) is 0.763. The van der Waals surface area contributed by atoms with Gasteiger partial charge >= 0.3 is 6.03 Å². The van der Waals surface area contributed by atoms with Crippen LogP contribution in [0, 0.1) is 0 Å². The van der Waals surface area contributed by atoms with Crippen LogP contribution in [-0.2, 0) is 14.8 Å². The van der Waals surface area contributed by atoms with Crippen LogP contribution in [0.25, 0.3) is 0 Å². The fourth-order valence-electron chi connectivity index (χ4n) is 3.99. The largest absolute Gasteiger partial charge is 0.341 e. The second kappa shape index (κ2) is 10.2. The van der Waals surface area contributed by atoms with E-state index in [0.29, 0.717) is 25.9 Å². The lowest BCUT2D eigenvalue weighted by molar-refractivity contribution is -0.132. The summed E-state index contributed by atoms with van der Waals surface area (Å²) in [6, 6.07) is 3.16. The molecule has 0 unspecified atom stereocenters. The number of nitrogens with zero attached hydrogens (tertiary/aromatic N) is 3. The van der Waals surface area contributed by atoms with Crippen molar-refractivity contribution in [1.82, 2.24) is 24.8 Å². The fourth-order valence-corrected chi connectivity index (χ4v) is 5.07. The van der Waals surface area contributed by atoms with Crippen LogP contribution in [0.3, 0.4) is 0 Å². The molecule has 1 aliphatic carbocycles. The number of rotatable bonds is 6. The van der Waals surface area contributed by atoms with Gasteiger partial charge in [0.1, 0.15) is 4.90 Å². The van der Waals surface area contributed by atoms with Crippen molar-refractivity contribution in [3.8, 4) is 0 Å². The zero-order chi connectivity index (χ0) is 21.6. The van der Waals surface area contributed by atoms with Gasteiger partial charge in [-0.1, -0.05) is 19.3 Å². The van der Waals surface area contributed by atoms with Gasteiger partial charge in [0.15, 0.2) is 0 Å². The van der Waals surface area contributed by atoms with E-state index in [2.05, 4.69) is 15.6 Å². The van der Waals surface area contributed by atoms with Crippen molar-refractivity contribution in [2.24, 2.45) is 0 Å². The Kier molecular flexibility index (Phi) is 7.65. The van der Waals surface area contributed by atoms with Gasteiger partial charge in [-0.15, -0.1) is 0 Å².